The first-order chi connectivity index (χ1) is 9.47. The van der Waals surface area contributed by atoms with E-state index in [2.05, 4.69) is 10.6 Å². The number of hydrogen-bond donors (Lipinski definition) is 2. The van der Waals surface area contributed by atoms with Crippen LogP contribution in [0, 0.1) is 5.92 Å². The predicted octanol–water partition coefficient (Wildman–Crippen LogP) is -2.01. The fourth-order valence-corrected chi connectivity index (χ4v) is 1.65. The van der Waals surface area contributed by atoms with Crippen LogP contribution in [-0.4, -0.2) is 25.2 Å². The number of carbonyl (C=O) groups is 2. The molecular formula is C14H19KN2O4. The number of hydrogen-bond acceptors (Lipinski definition) is 4. The van der Waals surface area contributed by atoms with E-state index in [0.29, 0.717) is 17.9 Å². The molecule has 0 aromatic heterocycles. The first-order valence-electron chi connectivity index (χ1n) is 6.40. The minimum absolute atomic E-state index is 0. The van der Waals surface area contributed by atoms with Crippen molar-refractivity contribution in [3.8, 4) is 5.75 Å². The van der Waals surface area contributed by atoms with E-state index in [0.717, 1.165) is 0 Å². The summed E-state index contributed by atoms with van der Waals surface area (Å²) in [5, 5.41) is 16.0. The molecule has 2 unspecified atom stereocenters. The molecule has 0 saturated heterocycles. The number of carbonyl (C=O) groups excluding carboxylic acids is 2. The number of carboxylic acid groups (broad SMARTS) is 1. The SMILES string of the molecule is CCC(C)C(NC(=O)Nc1ccc(OC)cc1)C(=O)[O-].[K+]. The zero-order valence-electron chi connectivity index (χ0n) is 12.8. The Morgan fingerprint density at radius 1 is 1.29 bits per heavy atom. The van der Waals surface area contributed by atoms with Crippen molar-refractivity contribution in [2.24, 2.45) is 5.92 Å². The van der Waals surface area contributed by atoms with Crippen molar-refractivity contribution in [3.05, 3.63) is 24.3 Å². The summed E-state index contributed by atoms with van der Waals surface area (Å²) in [4.78, 5) is 22.8. The van der Waals surface area contributed by atoms with Crippen LogP contribution in [0.2, 0.25) is 0 Å². The van der Waals surface area contributed by atoms with Crippen LogP contribution in [0.4, 0.5) is 10.5 Å². The molecule has 6 nitrogen and oxygen atoms in total. The van der Waals surface area contributed by atoms with E-state index in [4.69, 9.17) is 4.74 Å². The van der Waals surface area contributed by atoms with Crippen LogP contribution in [-0.2, 0) is 4.79 Å². The molecule has 2 N–H and O–H groups in total. The second-order valence-electron chi connectivity index (χ2n) is 4.51. The third kappa shape index (κ3) is 6.79. The number of ether oxygens (including phenoxy) is 1. The summed E-state index contributed by atoms with van der Waals surface area (Å²) in [6.07, 6.45) is 0.626. The van der Waals surface area contributed by atoms with E-state index in [1.165, 1.54) is 0 Å². The van der Waals surface area contributed by atoms with Crippen molar-refractivity contribution in [2.45, 2.75) is 26.3 Å². The molecule has 2 amide bonds. The number of benzene rings is 1. The third-order valence-corrected chi connectivity index (χ3v) is 3.10. The standard InChI is InChI=1S/C14H20N2O4.K/c1-4-9(2)12(13(17)18)16-14(19)15-10-5-7-11(20-3)8-6-10;/h5-9,12H,4H2,1-3H3,(H,17,18)(H2,15,16,19);/q;+1/p-1. The van der Waals surface area contributed by atoms with Crippen LogP contribution >= 0.6 is 0 Å². The molecule has 0 aliphatic carbocycles. The maximum Gasteiger partial charge on any atom is 1.00 e. The fourth-order valence-electron chi connectivity index (χ4n) is 1.65. The molecule has 0 aliphatic rings. The molecule has 1 aromatic carbocycles. The predicted molar refractivity (Wildman–Crippen MR) is 73.4 cm³/mol. The van der Waals surface area contributed by atoms with Crippen molar-refractivity contribution in [2.75, 3.05) is 12.4 Å². The Labute approximate surface area is 167 Å². The van der Waals surface area contributed by atoms with Gasteiger partial charge in [-0.3, -0.25) is 0 Å². The zero-order valence-corrected chi connectivity index (χ0v) is 15.9. The van der Waals surface area contributed by atoms with Crippen LogP contribution in [0.15, 0.2) is 24.3 Å². The monoisotopic (exact) mass is 318 g/mol. The van der Waals surface area contributed by atoms with Gasteiger partial charge in [0.25, 0.3) is 0 Å². The second kappa shape index (κ2) is 10.2. The van der Waals surface area contributed by atoms with E-state index in [-0.39, 0.29) is 57.3 Å². The van der Waals surface area contributed by atoms with Crippen molar-refractivity contribution in [1.82, 2.24) is 5.32 Å². The Hall–Kier alpha value is -0.604. The van der Waals surface area contributed by atoms with Gasteiger partial charge in [0, 0.05) is 5.69 Å². The van der Waals surface area contributed by atoms with E-state index in [1.807, 2.05) is 6.92 Å². The maximum atomic E-state index is 11.8. The van der Waals surface area contributed by atoms with Gasteiger partial charge >= 0.3 is 57.4 Å². The zero-order chi connectivity index (χ0) is 15.1. The Balaban J connectivity index is 0.00000400. The van der Waals surface area contributed by atoms with Crippen LogP contribution in [0.3, 0.4) is 0 Å². The third-order valence-electron chi connectivity index (χ3n) is 3.10. The molecule has 2 atom stereocenters. The van der Waals surface area contributed by atoms with Crippen molar-refractivity contribution in [3.63, 3.8) is 0 Å². The normalized spacial score (nSPS) is 12.5. The van der Waals surface area contributed by atoms with Gasteiger partial charge in [-0.15, -0.1) is 0 Å². The summed E-state index contributed by atoms with van der Waals surface area (Å²) in [6, 6.07) is 5.12. The molecule has 0 spiro atoms. The summed E-state index contributed by atoms with van der Waals surface area (Å²) in [5.41, 5.74) is 0.546. The average molecular weight is 318 g/mol. The molecule has 21 heavy (non-hydrogen) atoms. The van der Waals surface area contributed by atoms with Gasteiger partial charge in [-0.1, -0.05) is 20.3 Å². The summed E-state index contributed by atoms with van der Waals surface area (Å²) >= 11 is 0. The Kier molecular flexibility index (Phi) is 9.88. The van der Waals surface area contributed by atoms with Crippen molar-refractivity contribution >= 4 is 17.7 Å². The number of rotatable bonds is 6. The summed E-state index contributed by atoms with van der Waals surface area (Å²) in [5.74, 6) is -0.825. The van der Waals surface area contributed by atoms with Crippen LogP contribution in [0.1, 0.15) is 20.3 Å². The Morgan fingerprint density at radius 3 is 2.29 bits per heavy atom. The number of methoxy groups -OCH3 is 1. The molecule has 0 bridgehead atoms. The second-order valence-corrected chi connectivity index (χ2v) is 4.51. The van der Waals surface area contributed by atoms with Crippen LogP contribution < -0.4 is 71.9 Å². The van der Waals surface area contributed by atoms with Gasteiger partial charge in [-0.2, -0.15) is 0 Å². The molecule has 0 saturated carbocycles. The molecular weight excluding hydrogens is 299 g/mol. The van der Waals surface area contributed by atoms with Gasteiger partial charge < -0.3 is 25.3 Å². The molecule has 1 rings (SSSR count). The minimum Gasteiger partial charge on any atom is -0.548 e. The van der Waals surface area contributed by atoms with Gasteiger partial charge in [0.1, 0.15) is 5.75 Å². The average Bonchev–Trinajstić information content (AvgIpc) is 2.44. The van der Waals surface area contributed by atoms with Gasteiger partial charge in [-0.25, -0.2) is 4.79 Å². The number of aliphatic carboxylic acids is 1. The van der Waals surface area contributed by atoms with E-state index >= 15 is 0 Å². The largest absolute Gasteiger partial charge is 1.00 e. The van der Waals surface area contributed by atoms with Gasteiger partial charge in [0.05, 0.1) is 19.1 Å². The van der Waals surface area contributed by atoms with Gasteiger partial charge in [0.2, 0.25) is 0 Å². The Bertz CT molecular complexity index is 465. The smallest absolute Gasteiger partial charge is 0.548 e. The van der Waals surface area contributed by atoms with Gasteiger partial charge in [-0.05, 0) is 30.2 Å². The molecule has 110 valence electrons. The molecule has 0 aliphatic heterocycles. The van der Waals surface area contributed by atoms with Crippen LogP contribution in [0.5, 0.6) is 5.75 Å². The number of urea groups is 1. The van der Waals surface area contributed by atoms with E-state index < -0.39 is 18.0 Å². The molecule has 0 radical (unpaired) electrons. The van der Waals surface area contributed by atoms with Crippen LogP contribution in [0.25, 0.3) is 0 Å². The Morgan fingerprint density at radius 2 is 1.86 bits per heavy atom. The topological polar surface area (TPSA) is 90.5 Å². The minimum atomic E-state index is -1.29. The van der Waals surface area contributed by atoms with E-state index in [1.54, 1.807) is 38.3 Å². The van der Waals surface area contributed by atoms with Crippen molar-refractivity contribution < 1.29 is 70.8 Å². The number of anilines is 1. The van der Waals surface area contributed by atoms with E-state index in [9.17, 15) is 14.7 Å². The fraction of sp³-hybridized carbons (Fsp3) is 0.429. The number of nitrogens with one attached hydrogen (secondary N) is 2. The molecule has 0 heterocycles. The molecule has 1 aromatic rings. The summed E-state index contributed by atoms with van der Waals surface area (Å²) in [6.45, 7) is 3.60. The maximum absolute atomic E-state index is 11.8. The summed E-state index contributed by atoms with van der Waals surface area (Å²) in [7, 11) is 1.55. The number of amides is 2. The number of carboxylic acids is 1. The summed E-state index contributed by atoms with van der Waals surface area (Å²) < 4.78 is 5.00. The first-order valence-corrected chi connectivity index (χ1v) is 6.40. The first kappa shape index (κ1) is 20.4. The van der Waals surface area contributed by atoms with Crippen molar-refractivity contribution in [1.29, 1.82) is 0 Å². The molecule has 7 heteroatoms. The quantitative estimate of drug-likeness (QED) is 0.593. The molecule has 0 fully saturated rings. The van der Waals surface area contributed by atoms with Gasteiger partial charge in [0.15, 0.2) is 0 Å².